The van der Waals surface area contributed by atoms with Gasteiger partial charge in [0, 0.05) is 12.1 Å². The number of hydrogen-bond acceptors (Lipinski definition) is 4. The van der Waals surface area contributed by atoms with Gasteiger partial charge in [0.05, 0.1) is 11.6 Å². The fraction of sp³-hybridized carbons (Fsp3) is 0.143. The number of carbonyl (C=O) groups excluding carboxylic acids is 2. The summed E-state index contributed by atoms with van der Waals surface area (Å²) in [6, 6.07) is 23.2. The predicted octanol–water partition coefficient (Wildman–Crippen LogP) is 5.18. The third-order valence-corrected chi connectivity index (χ3v) is 5.60. The van der Waals surface area contributed by atoms with Crippen LogP contribution in [0.4, 0.5) is 0 Å². The summed E-state index contributed by atoms with van der Waals surface area (Å²) in [5, 5.41) is 11.2. The van der Waals surface area contributed by atoms with E-state index in [1.165, 1.54) is 4.90 Å². The SMILES string of the molecule is C=CCOc1cccc(C2/C(=C(\O)c3ccc(C)cc3)C(=O)C(=O)N2Cc2ccccc2)c1. The van der Waals surface area contributed by atoms with E-state index in [0.29, 0.717) is 23.5 Å². The van der Waals surface area contributed by atoms with Gasteiger partial charge in [0.25, 0.3) is 11.7 Å². The van der Waals surface area contributed by atoms with Crippen molar-refractivity contribution in [3.8, 4) is 5.75 Å². The highest BCUT2D eigenvalue weighted by Crippen LogP contribution is 2.41. The lowest BCUT2D eigenvalue weighted by atomic mass is 9.94. The van der Waals surface area contributed by atoms with Crippen LogP contribution >= 0.6 is 0 Å². The molecule has 1 N–H and O–H groups in total. The average molecular weight is 440 g/mol. The number of ketones is 1. The minimum Gasteiger partial charge on any atom is -0.507 e. The smallest absolute Gasteiger partial charge is 0.295 e. The van der Waals surface area contributed by atoms with Crippen molar-refractivity contribution >= 4 is 17.4 Å². The van der Waals surface area contributed by atoms with E-state index in [2.05, 4.69) is 6.58 Å². The second kappa shape index (κ2) is 9.57. The van der Waals surface area contributed by atoms with Gasteiger partial charge in [-0.25, -0.2) is 0 Å². The second-order valence-electron chi connectivity index (χ2n) is 7.95. The minimum atomic E-state index is -0.751. The molecule has 0 spiro atoms. The summed E-state index contributed by atoms with van der Waals surface area (Å²) in [4.78, 5) is 27.8. The summed E-state index contributed by atoms with van der Waals surface area (Å²) in [6.07, 6.45) is 1.64. The molecule has 1 saturated heterocycles. The molecule has 0 aromatic heterocycles. The quantitative estimate of drug-likeness (QED) is 0.238. The number of aryl methyl sites for hydroxylation is 1. The lowest BCUT2D eigenvalue weighted by Crippen LogP contribution is -2.29. The van der Waals surface area contributed by atoms with E-state index in [0.717, 1.165) is 11.1 Å². The highest BCUT2D eigenvalue weighted by molar-refractivity contribution is 6.46. The first kappa shape index (κ1) is 22.1. The van der Waals surface area contributed by atoms with Crippen LogP contribution in [-0.2, 0) is 16.1 Å². The number of benzene rings is 3. The summed E-state index contributed by atoms with van der Waals surface area (Å²) in [7, 11) is 0. The third kappa shape index (κ3) is 4.58. The van der Waals surface area contributed by atoms with Crippen LogP contribution in [0.25, 0.3) is 5.76 Å². The standard InChI is InChI=1S/C28H25NO4/c1-3-16-33-23-11-7-10-22(17-23)25-24(26(30)21-14-12-19(2)13-15-21)27(31)28(32)29(25)18-20-8-5-4-6-9-20/h3-15,17,25,30H,1,16,18H2,2H3/b26-24+. The van der Waals surface area contributed by atoms with E-state index < -0.39 is 17.7 Å². The van der Waals surface area contributed by atoms with E-state index in [1.807, 2.05) is 61.5 Å². The summed E-state index contributed by atoms with van der Waals surface area (Å²) < 4.78 is 5.67. The number of amides is 1. The van der Waals surface area contributed by atoms with Gasteiger partial charge >= 0.3 is 0 Å². The molecule has 1 atom stereocenters. The second-order valence-corrected chi connectivity index (χ2v) is 7.95. The number of nitrogens with zero attached hydrogens (tertiary/aromatic N) is 1. The monoisotopic (exact) mass is 439 g/mol. The minimum absolute atomic E-state index is 0.0701. The Morgan fingerprint density at radius 2 is 1.76 bits per heavy atom. The van der Waals surface area contributed by atoms with Crippen LogP contribution in [0.3, 0.4) is 0 Å². The Hall–Kier alpha value is -4.12. The number of rotatable bonds is 7. The molecule has 1 heterocycles. The van der Waals surface area contributed by atoms with Gasteiger partial charge in [0.2, 0.25) is 0 Å². The molecule has 1 amide bonds. The molecule has 0 aliphatic carbocycles. The zero-order chi connectivity index (χ0) is 23.4. The molecule has 0 saturated carbocycles. The van der Waals surface area contributed by atoms with Gasteiger partial charge in [-0.1, -0.05) is 84.9 Å². The first-order chi connectivity index (χ1) is 16.0. The Balaban J connectivity index is 1.84. The normalized spacial score (nSPS) is 17.2. The van der Waals surface area contributed by atoms with Crippen molar-refractivity contribution in [3.05, 3.63) is 119 Å². The lowest BCUT2D eigenvalue weighted by Gasteiger charge is -2.26. The molecule has 1 aliphatic rings. The maximum Gasteiger partial charge on any atom is 0.295 e. The van der Waals surface area contributed by atoms with Gasteiger partial charge in [0.15, 0.2) is 0 Å². The first-order valence-corrected chi connectivity index (χ1v) is 10.7. The van der Waals surface area contributed by atoms with Gasteiger partial charge in [-0.2, -0.15) is 0 Å². The van der Waals surface area contributed by atoms with Crippen LogP contribution < -0.4 is 4.74 Å². The Morgan fingerprint density at radius 3 is 2.45 bits per heavy atom. The molecule has 0 bridgehead atoms. The topological polar surface area (TPSA) is 66.8 Å². The van der Waals surface area contributed by atoms with Crippen LogP contribution in [0.2, 0.25) is 0 Å². The Morgan fingerprint density at radius 1 is 1.03 bits per heavy atom. The van der Waals surface area contributed by atoms with Crippen LogP contribution in [0.1, 0.15) is 28.3 Å². The lowest BCUT2D eigenvalue weighted by molar-refractivity contribution is -0.140. The molecular formula is C28H25NO4. The van der Waals surface area contributed by atoms with Crippen molar-refractivity contribution in [1.29, 1.82) is 0 Å². The number of Topliss-reactive ketones (excluding diaryl/α,β-unsaturated/α-hetero) is 1. The molecule has 5 heteroatoms. The van der Waals surface area contributed by atoms with Crippen LogP contribution in [0, 0.1) is 6.92 Å². The largest absolute Gasteiger partial charge is 0.507 e. The van der Waals surface area contributed by atoms with Crippen molar-refractivity contribution in [1.82, 2.24) is 4.90 Å². The molecule has 0 radical (unpaired) electrons. The van der Waals surface area contributed by atoms with Crippen molar-refractivity contribution in [2.24, 2.45) is 0 Å². The zero-order valence-corrected chi connectivity index (χ0v) is 18.4. The summed E-state index contributed by atoms with van der Waals surface area (Å²) in [6.45, 7) is 6.17. The van der Waals surface area contributed by atoms with Crippen LogP contribution in [0.5, 0.6) is 5.75 Å². The van der Waals surface area contributed by atoms with Crippen molar-refractivity contribution in [2.75, 3.05) is 6.61 Å². The molecular weight excluding hydrogens is 414 g/mol. The number of aliphatic hydroxyl groups is 1. The average Bonchev–Trinajstić information content (AvgIpc) is 3.08. The molecule has 33 heavy (non-hydrogen) atoms. The van der Waals surface area contributed by atoms with Crippen molar-refractivity contribution in [3.63, 3.8) is 0 Å². The molecule has 3 aromatic rings. The zero-order valence-electron chi connectivity index (χ0n) is 18.4. The van der Waals surface area contributed by atoms with E-state index in [9.17, 15) is 14.7 Å². The van der Waals surface area contributed by atoms with Crippen LogP contribution in [0.15, 0.2) is 97.1 Å². The van der Waals surface area contributed by atoms with Gasteiger partial charge in [0.1, 0.15) is 18.1 Å². The van der Waals surface area contributed by atoms with Gasteiger partial charge < -0.3 is 14.7 Å². The maximum absolute atomic E-state index is 13.2. The number of hydrogen-bond donors (Lipinski definition) is 1. The first-order valence-electron chi connectivity index (χ1n) is 10.7. The molecule has 3 aromatic carbocycles. The summed E-state index contributed by atoms with van der Waals surface area (Å²) in [5.41, 5.74) is 3.15. The molecule has 5 nitrogen and oxygen atoms in total. The fourth-order valence-electron chi connectivity index (χ4n) is 3.97. The number of ether oxygens (including phenoxy) is 1. The van der Waals surface area contributed by atoms with E-state index >= 15 is 0 Å². The third-order valence-electron chi connectivity index (χ3n) is 5.60. The maximum atomic E-state index is 13.2. The van der Waals surface area contributed by atoms with Crippen molar-refractivity contribution < 1.29 is 19.4 Å². The van der Waals surface area contributed by atoms with Gasteiger partial charge in [-0.15, -0.1) is 0 Å². The Bertz CT molecular complexity index is 1210. The predicted molar refractivity (Wildman–Crippen MR) is 128 cm³/mol. The highest BCUT2D eigenvalue weighted by atomic mass is 16.5. The molecule has 4 rings (SSSR count). The van der Waals surface area contributed by atoms with E-state index in [4.69, 9.17) is 4.74 Å². The highest BCUT2D eigenvalue weighted by Gasteiger charge is 2.46. The molecule has 1 fully saturated rings. The Labute approximate surface area is 193 Å². The van der Waals surface area contributed by atoms with Gasteiger partial charge in [-0.3, -0.25) is 9.59 Å². The molecule has 1 aliphatic heterocycles. The number of carbonyl (C=O) groups is 2. The molecule has 1 unspecified atom stereocenters. The van der Waals surface area contributed by atoms with E-state index in [-0.39, 0.29) is 17.9 Å². The van der Waals surface area contributed by atoms with E-state index in [1.54, 1.807) is 30.3 Å². The molecule has 166 valence electrons. The van der Waals surface area contributed by atoms with Crippen molar-refractivity contribution in [2.45, 2.75) is 19.5 Å². The van der Waals surface area contributed by atoms with Crippen LogP contribution in [-0.4, -0.2) is 28.3 Å². The van der Waals surface area contributed by atoms with Gasteiger partial charge in [-0.05, 0) is 30.2 Å². The number of likely N-dealkylation sites (tertiary alicyclic amines) is 1. The number of aliphatic hydroxyl groups excluding tert-OH is 1. The summed E-state index contributed by atoms with van der Waals surface area (Å²) in [5.74, 6) is -0.944. The Kier molecular flexibility index (Phi) is 6.41. The fourth-order valence-corrected chi connectivity index (χ4v) is 3.97. The summed E-state index contributed by atoms with van der Waals surface area (Å²) >= 11 is 0.